The SMILES string of the molecule is CC/C=C\C/C=C\C/C=C\C/C=C\C/C=C\CCCCCC(=O)OCC(COCCCCCC/C=C\C/C=C\C/C=C\CC)OC(=O)CCCCCCCCC/C=C\C/C=C\CCCCC. The Hall–Kier alpha value is -3.70. The fraction of sp³-hybridized carbons (Fsp3) is 0.639. The van der Waals surface area contributed by atoms with E-state index in [0.29, 0.717) is 19.4 Å². The minimum absolute atomic E-state index is 0.0481. The zero-order chi connectivity index (χ0) is 47.7. The molecule has 5 heteroatoms. The Bertz CT molecular complexity index is 1350. The van der Waals surface area contributed by atoms with Crippen LogP contribution >= 0.6 is 0 Å². The van der Waals surface area contributed by atoms with Crippen LogP contribution < -0.4 is 0 Å². The van der Waals surface area contributed by atoms with Crippen LogP contribution in [0.4, 0.5) is 0 Å². The van der Waals surface area contributed by atoms with Crippen LogP contribution in [0.2, 0.25) is 0 Å². The van der Waals surface area contributed by atoms with Gasteiger partial charge in [0.05, 0.1) is 6.61 Å². The molecule has 0 saturated heterocycles. The van der Waals surface area contributed by atoms with E-state index >= 15 is 0 Å². The molecule has 0 heterocycles. The average molecular weight is 913 g/mol. The average Bonchev–Trinajstić information content (AvgIpc) is 3.32. The highest BCUT2D eigenvalue weighted by molar-refractivity contribution is 5.70. The lowest BCUT2D eigenvalue weighted by molar-refractivity contribution is -0.163. The van der Waals surface area contributed by atoms with Gasteiger partial charge in [0, 0.05) is 19.4 Å². The van der Waals surface area contributed by atoms with Gasteiger partial charge in [-0.15, -0.1) is 0 Å². The molecule has 1 atom stereocenters. The van der Waals surface area contributed by atoms with E-state index in [1.54, 1.807) is 0 Å². The van der Waals surface area contributed by atoms with Crippen molar-refractivity contribution in [3.63, 3.8) is 0 Å². The highest BCUT2D eigenvalue weighted by atomic mass is 16.6. The molecule has 0 spiro atoms. The summed E-state index contributed by atoms with van der Waals surface area (Å²) in [6, 6.07) is 0. The number of allylic oxidation sites excluding steroid dienone is 20. The van der Waals surface area contributed by atoms with Crippen molar-refractivity contribution in [2.75, 3.05) is 19.8 Å². The van der Waals surface area contributed by atoms with Crippen molar-refractivity contribution in [1.82, 2.24) is 0 Å². The molecule has 0 aromatic carbocycles. The van der Waals surface area contributed by atoms with E-state index in [1.165, 1.54) is 64.2 Å². The van der Waals surface area contributed by atoms with Crippen molar-refractivity contribution < 1.29 is 23.8 Å². The van der Waals surface area contributed by atoms with Gasteiger partial charge in [-0.3, -0.25) is 9.59 Å². The molecular formula is C61H100O5. The maximum Gasteiger partial charge on any atom is 0.306 e. The lowest BCUT2D eigenvalue weighted by Gasteiger charge is -2.18. The van der Waals surface area contributed by atoms with Gasteiger partial charge >= 0.3 is 11.9 Å². The summed E-state index contributed by atoms with van der Waals surface area (Å²) in [5.41, 5.74) is 0. The lowest BCUT2D eigenvalue weighted by atomic mass is 10.1. The standard InChI is InChI=1S/C61H100O5/c1-4-7-10-13-16-19-22-25-28-30-31-33-34-36-39-42-45-48-51-54-60(62)65-58-59(57-64-56-53-50-47-44-41-38-27-24-21-18-15-12-9-6-3)66-61(63)55-52-49-46-43-40-37-35-32-29-26-23-20-17-14-11-8-5-2/h7,9-10,12,16-21,25-29,31,33,36,38-39,59H,4-6,8,11,13-15,22-24,30,32,34-35,37,40-58H2,1-3H3/b10-7-,12-9-,19-16-,20-17-,21-18-,28-25-,29-26-,33-31-,38-27-,39-36-. The van der Waals surface area contributed by atoms with Crippen molar-refractivity contribution in [3.8, 4) is 0 Å². The number of hydrogen-bond donors (Lipinski definition) is 0. The number of unbranched alkanes of at least 4 members (excludes halogenated alkanes) is 17. The van der Waals surface area contributed by atoms with E-state index in [2.05, 4.69) is 142 Å². The molecule has 0 fully saturated rings. The minimum Gasteiger partial charge on any atom is -0.462 e. The van der Waals surface area contributed by atoms with Gasteiger partial charge in [-0.1, -0.05) is 206 Å². The van der Waals surface area contributed by atoms with E-state index in [4.69, 9.17) is 14.2 Å². The zero-order valence-electron chi connectivity index (χ0n) is 42.9. The van der Waals surface area contributed by atoms with Crippen LogP contribution in [0.15, 0.2) is 122 Å². The van der Waals surface area contributed by atoms with Crippen LogP contribution in [-0.2, 0) is 23.8 Å². The van der Waals surface area contributed by atoms with Gasteiger partial charge in [-0.25, -0.2) is 0 Å². The van der Waals surface area contributed by atoms with E-state index in [-0.39, 0.29) is 25.2 Å². The van der Waals surface area contributed by atoms with Crippen molar-refractivity contribution >= 4 is 11.9 Å². The summed E-state index contributed by atoms with van der Waals surface area (Å²) >= 11 is 0. The first-order valence-electron chi connectivity index (χ1n) is 27.1. The minimum atomic E-state index is -0.575. The molecule has 1 unspecified atom stereocenters. The predicted molar refractivity (Wildman–Crippen MR) is 288 cm³/mol. The first-order chi connectivity index (χ1) is 32.6. The second-order valence-electron chi connectivity index (χ2n) is 17.4. The first kappa shape index (κ1) is 62.3. The highest BCUT2D eigenvalue weighted by Crippen LogP contribution is 2.13. The highest BCUT2D eigenvalue weighted by Gasteiger charge is 2.17. The van der Waals surface area contributed by atoms with Crippen molar-refractivity contribution in [2.24, 2.45) is 0 Å². The van der Waals surface area contributed by atoms with Gasteiger partial charge in [0.1, 0.15) is 6.61 Å². The van der Waals surface area contributed by atoms with E-state index in [9.17, 15) is 9.59 Å². The summed E-state index contributed by atoms with van der Waals surface area (Å²) in [7, 11) is 0. The predicted octanol–water partition coefficient (Wildman–Crippen LogP) is 18.6. The number of carbonyl (C=O) groups is 2. The molecule has 0 aliphatic rings. The maximum atomic E-state index is 12.8. The third-order valence-electron chi connectivity index (χ3n) is 11.0. The third-order valence-corrected chi connectivity index (χ3v) is 11.0. The number of hydrogen-bond acceptors (Lipinski definition) is 5. The van der Waals surface area contributed by atoms with Crippen LogP contribution in [0.5, 0.6) is 0 Å². The van der Waals surface area contributed by atoms with Crippen LogP contribution in [-0.4, -0.2) is 37.9 Å². The van der Waals surface area contributed by atoms with Gasteiger partial charge in [-0.05, 0) is 128 Å². The molecule has 0 rings (SSSR count). The van der Waals surface area contributed by atoms with Gasteiger partial charge in [-0.2, -0.15) is 0 Å². The zero-order valence-corrected chi connectivity index (χ0v) is 42.9. The monoisotopic (exact) mass is 913 g/mol. The quantitative estimate of drug-likeness (QED) is 0.0346. The number of carbonyl (C=O) groups excluding carboxylic acids is 2. The Balaban J connectivity index is 4.40. The molecule has 0 aromatic rings. The Labute approximate surface area is 407 Å². The van der Waals surface area contributed by atoms with Gasteiger partial charge < -0.3 is 14.2 Å². The summed E-state index contributed by atoms with van der Waals surface area (Å²) in [5, 5.41) is 0. The molecule has 0 bridgehead atoms. The lowest BCUT2D eigenvalue weighted by Crippen LogP contribution is -2.30. The number of esters is 2. The normalized spacial score (nSPS) is 13.2. The molecule has 0 amide bonds. The van der Waals surface area contributed by atoms with Crippen LogP contribution in [0.25, 0.3) is 0 Å². The van der Waals surface area contributed by atoms with Crippen LogP contribution in [0.1, 0.15) is 226 Å². The second kappa shape index (κ2) is 55.6. The summed E-state index contributed by atoms with van der Waals surface area (Å²) < 4.78 is 17.4. The largest absolute Gasteiger partial charge is 0.462 e. The number of ether oxygens (including phenoxy) is 3. The summed E-state index contributed by atoms with van der Waals surface area (Å²) in [4.78, 5) is 25.5. The molecule has 0 aliphatic carbocycles. The smallest absolute Gasteiger partial charge is 0.306 e. The van der Waals surface area contributed by atoms with Crippen molar-refractivity contribution in [1.29, 1.82) is 0 Å². The first-order valence-corrected chi connectivity index (χ1v) is 27.1. The Morgan fingerprint density at radius 1 is 0.348 bits per heavy atom. The topological polar surface area (TPSA) is 61.8 Å². The molecule has 0 aromatic heterocycles. The van der Waals surface area contributed by atoms with E-state index < -0.39 is 6.10 Å². The van der Waals surface area contributed by atoms with Crippen LogP contribution in [0.3, 0.4) is 0 Å². The molecule has 0 aliphatic heterocycles. The second-order valence-corrected chi connectivity index (χ2v) is 17.4. The fourth-order valence-electron chi connectivity index (χ4n) is 6.99. The van der Waals surface area contributed by atoms with E-state index in [1.807, 2.05) is 0 Å². The molecule has 0 radical (unpaired) electrons. The molecular weight excluding hydrogens is 813 g/mol. The molecule has 0 saturated carbocycles. The van der Waals surface area contributed by atoms with Gasteiger partial charge in [0.2, 0.25) is 0 Å². The van der Waals surface area contributed by atoms with Crippen molar-refractivity contribution in [3.05, 3.63) is 122 Å². The summed E-state index contributed by atoms with van der Waals surface area (Å²) in [6.45, 7) is 7.48. The Morgan fingerprint density at radius 2 is 0.682 bits per heavy atom. The van der Waals surface area contributed by atoms with Gasteiger partial charge in [0.15, 0.2) is 6.10 Å². The fourth-order valence-corrected chi connectivity index (χ4v) is 6.99. The third kappa shape index (κ3) is 52.9. The molecule has 0 N–H and O–H groups in total. The summed E-state index contributed by atoms with van der Waals surface area (Å²) in [6.07, 6.45) is 77.8. The van der Waals surface area contributed by atoms with E-state index in [0.717, 1.165) is 128 Å². The van der Waals surface area contributed by atoms with Gasteiger partial charge in [0.25, 0.3) is 0 Å². The van der Waals surface area contributed by atoms with Crippen molar-refractivity contribution in [2.45, 2.75) is 232 Å². The maximum absolute atomic E-state index is 12.8. The molecule has 66 heavy (non-hydrogen) atoms. The Morgan fingerprint density at radius 3 is 1.11 bits per heavy atom. The Kier molecular flexibility index (Phi) is 52.5. The molecule has 374 valence electrons. The van der Waals surface area contributed by atoms with Crippen LogP contribution in [0, 0.1) is 0 Å². The number of rotatable bonds is 48. The summed E-state index contributed by atoms with van der Waals surface area (Å²) in [5.74, 6) is -0.462. The molecule has 5 nitrogen and oxygen atoms in total.